The molecule has 0 saturated carbocycles. The number of fused-ring (bicyclic) bond motifs is 1. The van der Waals surface area contributed by atoms with Crippen molar-refractivity contribution < 1.29 is 4.79 Å². The van der Waals surface area contributed by atoms with E-state index in [1.54, 1.807) is 10.9 Å². The molecule has 1 aromatic heterocycles. The summed E-state index contributed by atoms with van der Waals surface area (Å²) < 4.78 is 1.81. The summed E-state index contributed by atoms with van der Waals surface area (Å²) in [5.41, 5.74) is 3.85. The summed E-state index contributed by atoms with van der Waals surface area (Å²) in [6.45, 7) is 5.95. The lowest BCUT2D eigenvalue weighted by atomic mass is 10.1. The summed E-state index contributed by atoms with van der Waals surface area (Å²) in [6.07, 6.45) is 5.24. The van der Waals surface area contributed by atoms with E-state index in [0.717, 1.165) is 17.9 Å². The first-order chi connectivity index (χ1) is 11.0. The van der Waals surface area contributed by atoms with Gasteiger partial charge < -0.3 is 10.6 Å². The van der Waals surface area contributed by atoms with E-state index in [1.165, 1.54) is 24.0 Å². The quantitative estimate of drug-likeness (QED) is 0.889. The molecule has 0 saturated heterocycles. The number of hydrogen-bond donors (Lipinski definition) is 2. The van der Waals surface area contributed by atoms with Crippen LogP contribution >= 0.6 is 0 Å². The normalized spacial score (nSPS) is 14.6. The summed E-state index contributed by atoms with van der Waals surface area (Å²) >= 11 is 0. The van der Waals surface area contributed by atoms with Gasteiger partial charge >= 0.3 is 0 Å². The first-order valence-electron chi connectivity index (χ1n) is 8.27. The number of nitrogens with one attached hydrogen (secondary N) is 2. The van der Waals surface area contributed by atoms with Gasteiger partial charge in [0.25, 0.3) is 0 Å². The second-order valence-corrected chi connectivity index (χ2v) is 6.45. The topological polar surface area (TPSA) is 59.0 Å². The molecule has 2 N–H and O–H groups in total. The molecular formula is C18H24N4O. The van der Waals surface area contributed by atoms with Gasteiger partial charge in [-0.3, -0.25) is 4.79 Å². The zero-order chi connectivity index (χ0) is 16.4. The number of nitrogens with zero attached hydrogens (tertiary/aromatic N) is 2. The highest BCUT2D eigenvalue weighted by Gasteiger charge is 2.17. The number of aromatic nitrogens is 2. The highest BCUT2D eigenvalue weighted by atomic mass is 16.2. The van der Waals surface area contributed by atoms with Gasteiger partial charge in [0.05, 0.1) is 6.20 Å². The third-order valence-electron chi connectivity index (χ3n) is 4.29. The zero-order valence-electron chi connectivity index (χ0n) is 14.0. The van der Waals surface area contributed by atoms with Crippen molar-refractivity contribution in [3.8, 4) is 0 Å². The molecule has 2 aromatic rings. The largest absolute Gasteiger partial charge is 0.374 e. The Hall–Kier alpha value is -2.30. The van der Waals surface area contributed by atoms with Crippen LogP contribution < -0.4 is 10.6 Å². The van der Waals surface area contributed by atoms with Crippen LogP contribution in [0.1, 0.15) is 44.4 Å². The zero-order valence-corrected chi connectivity index (χ0v) is 14.0. The van der Waals surface area contributed by atoms with E-state index in [0.29, 0.717) is 0 Å². The molecule has 3 rings (SSSR count). The van der Waals surface area contributed by atoms with E-state index in [-0.39, 0.29) is 18.0 Å². The van der Waals surface area contributed by atoms with Crippen molar-refractivity contribution in [1.29, 1.82) is 0 Å². The Morgan fingerprint density at radius 1 is 1.17 bits per heavy atom. The van der Waals surface area contributed by atoms with Gasteiger partial charge in [0.1, 0.15) is 11.9 Å². The molecule has 0 bridgehead atoms. The summed E-state index contributed by atoms with van der Waals surface area (Å²) in [6, 6.07) is 8.12. The van der Waals surface area contributed by atoms with Crippen LogP contribution in [0.3, 0.4) is 0 Å². The van der Waals surface area contributed by atoms with Crippen molar-refractivity contribution in [2.75, 3.05) is 10.6 Å². The van der Waals surface area contributed by atoms with E-state index in [9.17, 15) is 4.79 Å². The molecule has 0 fully saturated rings. The molecule has 1 aliphatic carbocycles. The Morgan fingerprint density at radius 2 is 1.96 bits per heavy atom. The molecule has 0 radical (unpaired) electrons. The monoisotopic (exact) mass is 312 g/mol. The summed E-state index contributed by atoms with van der Waals surface area (Å²) in [5, 5.41) is 10.5. The Balaban J connectivity index is 1.64. The first kappa shape index (κ1) is 15.6. The average Bonchev–Trinajstić information content (AvgIpc) is 3.15. The van der Waals surface area contributed by atoms with Crippen molar-refractivity contribution in [2.45, 2.75) is 52.1 Å². The molecule has 1 amide bonds. The minimum Gasteiger partial charge on any atom is -0.374 e. The molecule has 23 heavy (non-hydrogen) atoms. The molecule has 1 aromatic carbocycles. The standard InChI is InChI=1S/C18H24N4O/c1-12(2)22-17(9-10-19-22)21-18(23)13(3)20-16-8-7-14-5-4-6-15(14)11-16/h7-13,20H,4-6H2,1-3H3,(H,21,23). The summed E-state index contributed by atoms with van der Waals surface area (Å²) in [4.78, 5) is 12.4. The molecule has 0 spiro atoms. The Labute approximate surface area is 137 Å². The number of anilines is 2. The van der Waals surface area contributed by atoms with Gasteiger partial charge in [-0.05, 0) is 63.3 Å². The van der Waals surface area contributed by atoms with E-state index in [1.807, 2.05) is 26.8 Å². The molecule has 5 heteroatoms. The Bertz CT molecular complexity index is 705. The Morgan fingerprint density at radius 3 is 2.74 bits per heavy atom. The predicted molar refractivity (Wildman–Crippen MR) is 92.8 cm³/mol. The number of aryl methyl sites for hydroxylation is 2. The van der Waals surface area contributed by atoms with Gasteiger partial charge in [-0.1, -0.05) is 6.07 Å². The summed E-state index contributed by atoms with van der Waals surface area (Å²) in [7, 11) is 0. The molecule has 1 aliphatic rings. The number of carbonyl (C=O) groups excluding carboxylic acids is 1. The fraction of sp³-hybridized carbons (Fsp3) is 0.444. The van der Waals surface area contributed by atoms with Crippen LogP contribution in [-0.4, -0.2) is 21.7 Å². The maximum absolute atomic E-state index is 12.4. The molecule has 1 unspecified atom stereocenters. The smallest absolute Gasteiger partial charge is 0.247 e. The first-order valence-corrected chi connectivity index (χ1v) is 8.27. The van der Waals surface area contributed by atoms with Crippen LogP contribution in [0.2, 0.25) is 0 Å². The predicted octanol–water partition coefficient (Wildman–Crippen LogP) is 3.39. The van der Waals surface area contributed by atoms with E-state index in [4.69, 9.17) is 0 Å². The van der Waals surface area contributed by atoms with Crippen molar-refractivity contribution in [3.63, 3.8) is 0 Å². The van der Waals surface area contributed by atoms with Crippen molar-refractivity contribution in [2.24, 2.45) is 0 Å². The summed E-state index contributed by atoms with van der Waals surface area (Å²) in [5.74, 6) is 0.667. The molecule has 1 atom stereocenters. The maximum atomic E-state index is 12.4. The fourth-order valence-electron chi connectivity index (χ4n) is 3.04. The van der Waals surface area contributed by atoms with Crippen LogP contribution in [-0.2, 0) is 17.6 Å². The van der Waals surface area contributed by atoms with Crippen LogP contribution in [0.5, 0.6) is 0 Å². The molecule has 5 nitrogen and oxygen atoms in total. The lowest BCUT2D eigenvalue weighted by Gasteiger charge is -2.17. The molecule has 0 aliphatic heterocycles. The molecular weight excluding hydrogens is 288 g/mol. The Kier molecular flexibility index (Phi) is 4.37. The number of carbonyl (C=O) groups is 1. The third-order valence-corrected chi connectivity index (χ3v) is 4.29. The van der Waals surface area contributed by atoms with E-state index in [2.05, 4.69) is 33.9 Å². The van der Waals surface area contributed by atoms with Gasteiger partial charge in [-0.2, -0.15) is 5.10 Å². The van der Waals surface area contributed by atoms with Gasteiger partial charge in [0, 0.05) is 17.8 Å². The average molecular weight is 312 g/mol. The third kappa shape index (κ3) is 3.38. The minimum atomic E-state index is -0.315. The van der Waals surface area contributed by atoms with Crippen LogP contribution in [0, 0.1) is 0 Å². The fourth-order valence-corrected chi connectivity index (χ4v) is 3.04. The number of benzene rings is 1. The second kappa shape index (κ2) is 6.44. The number of hydrogen-bond acceptors (Lipinski definition) is 3. The van der Waals surface area contributed by atoms with Crippen LogP contribution in [0.25, 0.3) is 0 Å². The minimum absolute atomic E-state index is 0.0621. The second-order valence-electron chi connectivity index (χ2n) is 6.45. The number of amides is 1. The SMILES string of the molecule is CC(Nc1ccc2c(c1)CCC2)C(=O)Nc1ccnn1C(C)C. The van der Waals surface area contributed by atoms with Crippen molar-refractivity contribution in [1.82, 2.24) is 9.78 Å². The van der Waals surface area contributed by atoms with Crippen LogP contribution in [0.15, 0.2) is 30.5 Å². The maximum Gasteiger partial charge on any atom is 0.247 e. The van der Waals surface area contributed by atoms with Crippen molar-refractivity contribution >= 4 is 17.4 Å². The lowest BCUT2D eigenvalue weighted by molar-refractivity contribution is -0.116. The van der Waals surface area contributed by atoms with Gasteiger partial charge in [-0.25, -0.2) is 4.68 Å². The highest BCUT2D eigenvalue weighted by molar-refractivity contribution is 5.95. The molecule has 122 valence electrons. The van der Waals surface area contributed by atoms with Gasteiger partial charge in [-0.15, -0.1) is 0 Å². The van der Waals surface area contributed by atoms with E-state index < -0.39 is 0 Å². The lowest BCUT2D eigenvalue weighted by Crippen LogP contribution is -2.32. The molecule has 1 heterocycles. The van der Waals surface area contributed by atoms with Gasteiger partial charge in [0.15, 0.2) is 0 Å². The van der Waals surface area contributed by atoms with E-state index >= 15 is 0 Å². The highest BCUT2D eigenvalue weighted by Crippen LogP contribution is 2.25. The van der Waals surface area contributed by atoms with Crippen molar-refractivity contribution in [3.05, 3.63) is 41.6 Å². The van der Waals surface area contributed by atoms with Crippen LogP contribution in [0.4, 0.5) is 11.5 Å². The van der Waals surface area contributed by atoms with Gasteiger partial charge in [0.2, 0.25) is 5.91 Å². The number of rotatable bonds is 5.